The molecule has 0 aliphatic heterocycles. The van der Waals surface area contributed by atoms with Crippen LogP contribution in [0.5, 0.6) is 0 Å². The fourth-order valence-corrected chi connectivity index (χ4v) is 2.91. The smallest absolute Gasteiger partial charge is 0.0373 e. The molecular weight excluding hydrogens is 232 g/mol. The largest absolute Gasteiger partial charge is 0.382 e. The van der Waals surface area contributed by atoms with Crippen molar-refractivity contribution in [1.29, 1.82) is 0 Å². The number of rotatable bonds is 3. The Labute approximate surface area is 118 Å². The summed E-state index contributed by atoms with van der Waals surface area (Å²) in [7, 11) is 4.19. The number of benzene rings is 1. The van der Waals surface area contributed by atoms with Gasteiger partial charge in [-0.2, -0.15) is 0 Å². The van der Waals surface area contributed by atoms with Gasteiger partial charge in [0.25, 0.3) is 0 Å². The third-order valence-corrected chi connectivity index (χ3v) is 4.19. The lowest BCUT2D eigenvalue weighted by Crippen LogP contribution is -2.21. The van der Waals surface area contributed by atoms with Crippen molar-refractivity contribution < 1.29 is 0 Å². The molecule has 0 aromatic heterocycles. The van der Waals surface area contributed by atoms with Crippen molar-refractivity contribution in [2.24, 2.45) is 0 Å². The van der Waals surface area contributed by atoms with Crippen LogP contribution in [-0.2, 0) is 0 Å². The molecule has 0 unspecified atom stereocenters. The summed E-state index contributed by atoms with van der Waals surface area (Å²) in [6, 6.07) is 7.39. The van der Waals surface area contributed by atoms with Gasteiger partial charge in [0, 0.05) is 31.5 Å². The lowest BCUT2D eigenvalue weighted by molar-refractivity contribution is 0.471. The van der Waals surface area contributed by atoms with E-state index in [-0.39, 0.29) is 0 Å². The van der Waals surface area contributed by atoms with Crippen LogP contribution >= 0.6 is 0 Å². The quantitative estimate of drug-likeness (QED) is 0.855. The molecule has 0 amide bonds. The van der Waals surface area contributed by atoms with E-state index < -0.39 is 0 Å². The molecule has 1 aromatic carbocycles. The van der Waals surface area contributed by atoms with E-state index in [1.54, 1.807) is 0 Å². The average Bonchev–Trinajstić information content (AvgIpc) is 2.34. The van der Waals surface area contributed by atoms with Crippen LogP contribution in [0, 0.1) is 6.92 Å². The first-order valence-electron chi connectivity index (χ1n) is 7.71. The van der Waals surface area contributed by atoms with Crippen LogP contribution in [0.15, 0.2) is 18.2 Å². The summed E-state index contributed by atoms with van der Waals surface area (Å²) in [4.78, 5) is 2.16. The van der Waals surface area contributed by atoms with E-state index in [1.165, 1.54) is 61.9 Å². The van der Waals surface area contributed by atoms with E-state index in [2.05, 4.69) is 49.4 Å². The minimum absolute atomic E-state index is 0.671. The van der Waals surface area contributed by atoms with Crippen molar-refractivity contribution in [3.63, 3.8) is 0 Å². The van der Waals surface area contributed by atoms with Crippen molar-refractivity contribution in [2.45, 2.75) is 57.9 Å². The predicted octanol–water partition coefficient (Wildman–Crippen LogP) is 4.59. The molecule has 1 fully saturated rings. The molecule has 1 aromatic rings. The van der Waals surface area contributed by atoms with Gasteiger partial charge < -0.3 is 10.2 Å². The van der Waals surface area contributed by atoms with E-state index >= 15 is 0 Å². The summed E-state index contributed by atoms with van der Waals surface area (Å²) in [5, 5.41) is 3.76. The molecule has 106 valence electrons. The molecule has 19 heavy (non-hydrogen) atoms. The van der Waals surface area contributed by atoms with Crippen molar-refractivity contribution in [1.82, 2.24) is 0 Å². The van der Waals surface area contributed by atoms with Gasteiger partial charge in [-0.15, -0.1) is 0 Å². The maximum atomic E-state index is 3.76. The van der Waals surface area contributed by atoms with E-state index in [1.807, 2.05) is 0 Å². The van der Waals surface area contributed by atoms with Crippen LogP contribution in [-0.4, -0.2) is 20.1 Å². The highest BCUT2D eigenvalue weighted by Gasteiger charge is 2.12. The fourth-order valence-electron chi connectivity index (χ4n) is 2.91. The van der Waals surface area contributed by atoms with Gasteiger partial charge in [0.2, 0.25) is 0 Å². The van der Waals surface area contributed by atoms with Crippen molar-refractivity contribution in [3.8, 4) is 0 Å². The highest BCUT2D eigenvalue weighted by molar-refractivity contribution is 5.60. The molecule has 1 aliphatic rings. The van der Waals surface area contributed by atoms with Crippen molar-refractivity contribution >= 4 is 11.4 Å². The number of anilines is 2. The molecule has 2 heteroatoms. The summed E-state index contributed by atoms with van der Waals surface area (Å²) >= 11 is 0. The van der Waals surface area contributed by atoms with Gasteiger partial charge in [-0.05, 0) is 43.5 Å². The van der Waals surface area contributed by atoms with Gasteiger partial charge in [-0.25, -0.2) is 0 Å². The Hall–Kier alpha value is -1.18. The zero-order chi connectivity index (χ0) is 13.7. The molecular formula is C17H28N2. The average molecular weight is 260 g/mol. The van der Waals surface area contributed by atoms with Crippen LogP contribution < -0.4 is 10.2 Å². The molecule has 0 heterocycles. The first kappa shape index (κ1) is 14.2. The van der Waals surface area contributed by atoms with Gasteiger partial charge >= 0.3 is 0 Å². The number of hydrogen-bond donors (Lipinski definition) is 1. The fraction of sp³-hybridized carbons (Fsp3) is 0.647. The Bertz CT molecular complexity index is 390. The Balaban J connectivity index is 2.01. The van der Waals surface area contributed by atoms with E-state index in [4.69, 9.17) is 0 Å². The predicted molar refractivity (Wildman–Crippen MR) is 85.2 cm³/mol. The van der Waals surface area contributed by atoms with E-state index in [9.17, 15) is 0 Å². The third-order valence-electron chi connectivity index (χ3n) is 4.19. The third kappa shape index (κ3) is 4.15. The molecule has 0 spiro atoms. The first-order chi connectivity index (χ1) is 9.16. The second-order valence-electron chi connectivity index (χ2n) is 6.08. The number of nitrogens with one attached hydrogen (secondary N) is 1. The lowest BCUT2D eigenvalue weighted by Gasteiger charge is -2.24. The van der Waals surface area contributed by atoms with Gasteiger partial charge in [-0.1, -0.05) is 32.1 Å². The Kier molecular flexibility index (Phi) is 5.12. The van der Waals surface area contributed by atoms with Crippen molar-refractivity contribution in [2.75, 3.05) is 24.3 Å². The number of hydrogen-bond acceptors (Lipinski definition) is 2. The summed E-state index contributed by atoms with van der Waals surface area (Å²) in [5.74, 6) is 0. The summed E-state index contributed by atoms with van der Waals surface area (Å²) in [5.41, 5.74) is 3.95. The topological polar surface area (TPSA) is 15.3 Å². The van der Waals surface area contributed by atoms with E-state index in [0.717, 1.165) is 0 Å². The molecule has 1 saturated carbocycles. The molecule has 2 nitrogen and oxygen atoms in total. The molecule has 1 N–H and O–H groups in total. The highest BCUT2D eigenvalue weighted by Crippen LogP contribution is 2.25. The minimum atomic E-state index is 0.671. The summed E-state index contributed by atoms with van der Waals surface area (Å²) < 4.78 is 0. The molecule has 2 rings (SSSR count). The second kappa shape index (κ2) is 6.83. The van der Waals surface area contributed by atoms with Gasteiger partial charge in [0.05, 0.1) is 0 Å². The normalized spacial score (nSPS) is 17.6. The lowest BCUT2D eigenvalue weighted by atomic mass is 9.96. The second-order valence-corrected chi connectivity index (χ2v) is 6.08. The number of nitrogens with zero attached hydrogens (tertiary/aromatic N) is 1. The molecule has 0 atom stereocenters. The Morgan fingerprint density at radius 1 is 1.00 bits per heavy atom. The Morgan fingerprint density at radius 2 is 1.63 bits per heavy atom. The van der Waals surface area contributed by atoms with Gasteiger partial charge in [0.15, 0.2) is 0 Å². The van der Waals surface area contributed by atoms with Gasteiger partial charge in [-0.3, -0.25) is 0 Å². The molecule has 0 bridgehead atoms. The highest BCUT2D eigenvalue weighted by atomic mass is 15.1. The van der Waals surface area contributed by atoms with Crippen LogP contribution in [0.2, 0.25) is 0 Å². The summed E-state index contributed by atoms with van der Waals surface area (Å²) in [6.07, 6.45) is 9.68. The maximum absolute atomic E-state index is 3.76. The maximum Gasteiger partial charge on any atom is 0.0373 e. The zero-order valence-corrected chi connectivity index (χ0v) is 12.7. The Morgan fingerprint density at radius 3 is 2.21 bits per heavy atom. The minimum Gasteiger partial charge on any atom is -0.382 e. The van der Waals surface area contributed by atoms with Crippen LogP contribution in [0.4, 0.5) is 11.4 Å². The SMILES string of the molecule is Cc1cc(N(C)C)ccc1NC1CCCCCCC1. The van der Waals surface area contributed by atoms with Crippen LogP contribution in [0.1, 0.15) is 50.5 Å². The zero-order valence-electron chi connectivity index (χ0n) is 12.7. The van der Waals surface area contributed by atoms with Crippen LogP contribution in [0.3, 0.4) is 0 Å². The standard InChI is InChI=1S/C17H28N2/c1-14-13-16(19(2)3)11-12-17(14)18-15-9-7-5-4-6-8-10-15/h11-13,15,18H,4-10H2,1-3H3. The monoisotopic (exact) mass is 260 g/mol. The summed E-state index contributed by atoms with van der Waals surface area (Å²) in [6.45, 7) is 2.21. The van der Waals surface area contributed by atoms with E-state index in [0.29, 0.717) is 6.04 Å². The van der Waals surface area contributed by atoms with Crippen LogP contribution in [0.25, 0.3) is 0 Å². The first-order valence-corrected chi connectivity index (χ1v) is 7.71. The molecule has 1 aliphatic carbocycles. The molecule has 0 radical (unpaired) electrons. The number of aryl methyl sites for hydroxylation is 1. The van der Waals surface area contributed by atoms with Gasteiger partial charge in [0.1, 0.15) is 0 Å². The van der Waals surface area contributed by atoms with Crippen molar-refractivity contribution in [3.05, 3.63) is 23.8 Å². The molecule has 0 saturated heterocycles.